The average Bonchev–Trinajstić information content (AvgIpc) is 3.83. The number of aromatic amines is 2. The molecule has 0 saturated carbocycles. The molecule has 12 heteroatoms. The summed E-state index contributed by atoms with van der Waals surface area (Å²) < 4.78 is 11.3. The third-order valence-corrected chi connectivity index (χ3v) is 8.63. The van der Waals surface area contributed by atoms with Gasteiger partial charge in [-0.05, 0) is 90.5 Å². The van der Waals surface area contributed by atoms with E-state index in [0.717, 1.165) is 64.7 Å². The minimum absolute atomic E-state index is 0.139. The monoisotopic (exact) mass is 650 g/mol. The molecule has 2 amide bonds. The lowest BCUT2D eigenvalue weighted by molar-refractivity contribution is 0.0208. The summed E-state index contributed by atoms with van der Waals surface area (Å²) in [7, 11) is 0. The first-order valence-corrected chi connectivity index (χ1v) is 16.6. The first kappa shape index (κ1) is 31.6. The molecule has 3 aromatic heterocycles. The number of carbonyl (C=O) groups is 2. The minimum atomic E-state index is -0.564. The molecule has 7 rings (SSSR count). The minimum Gasteiger partial charge on any atom is -0.444 e. The Kier molecular flexibility index (Phi) is 7.84. The van der Waals surface area contributed by atoms with Crippen molar-refractivity contribution < 1.29 is 19.1 Å². The molecule has 48 heavy (non-hydrogen) atoms. The van der Waals surface area contributed by atoms with Gasteiger partial charge in [-0.2, -0.15) is 0 Å². The molecule has 0 radical (unpaired) electrons. The number of H-pyrrole nitrogens is 2. The lowest BCUT2D eigenvalue weighted by Crippen LogP contribution is -2.36. The number of hydrogen-bond donors (Lipinski definition) is 2. The summed E-state index contributed by atoms with van der Waals surface area (Å²) in [5.74, 6) is 2.04. The normalized spacial score (nSPS) is 18.6. The van der Waals surface area contributed by atoms with Gasteiger partial charge in [0, 0.05) is 18.7 Å². The van der Waals surface area contributed by atoms with Gasteiger partial charge in [-0.3, -0.25) is 9.80 Å². The van der Waals surface area contributed by atoms with E-state index in [1.807, 2.05) is 59.7 Å². The molecule has 2 aromatic carbocycles. The van der Waals surface area contributed by atoms with Gasteiger partial charge < -0.3 is 19.4 Å². The van der Waals surface area contributed by atoms with Gasteiger partial charge >= 0.3 is 12.2 Å². The smallest absolute Gasteiger partial charge is 0.410 e. The van der Waals surface area contributed by atoms with Crippen LogP contribution < -0.4 is 0 Å². The summed E-state index contributed by atoms with van der Waals surface area (Å²) in [6, 6.07) is 13.9. The predicted molar refractivity (Wildman–Crippen MR) is 182 cm³/mol. The molecule has 5 heterocycles. The zero-order chi connectivity index (χ0) is 33.8. The van der Waals surface area contributed by atoms with Gasteiger partial charge in [0.25, 0.3) is 0 Å². The van der Waals surface area contributed by atoms with Gasteiger partial charge in [-0.15, -0.1) is 0 Å². The van der Waals surface area contributed by atoms with Crippen LogP contribution in [-0.2, 0) is 9.47 Å². The Bertz CT molecular complexity index is 1840. The molecule has 12 nitrogen and oxygen atoms in total. The van der Waals surface area contributed by atoms with Gasteiger partial charge in [0.2, 0.25) is 0 Å². The van der Waals surface area contributed by atoms with E-state index in [9.17, 15) is 9.59 Å². The van der Waals surface area contributed by atoms with Crippen LogP contribution in [-0.4, -0.2) is 76.2 Å². The van der Waals surface area contributed by atoms with Crippen molar-refractivity contribution >= 4 is 34.4 Å². The predicted octanol–water partition coefficient (Wildman–Crippen LogP) is 7.71. The van der Waals surface area contributed by atoms with Crippen LogP contribution in [0, 0.1) is 0 Å². The molecule has 250 valence electrons. The van der Waals surface area contributed by atoms with Crippen molar-refractivity contribution in [2.75, 3.05) is 13.1 Å². The Labute approximate surface area is 279 Å². The van der Waals surface area contributed by atoms with Crippen molar-refractivity contribution in [3.05, 3.63) is 60.3 Å². The van der Waals surface area contributed by atoms with Crippen molar-refractivity contribution in [3.63, 3.8) is 0 Å². The van der Waals surface area contributed by atoms with Gasteiger partial charge in [0.1, 0.15) is 28.4 Å². The Balaban J connectivity index is 1.08. The summed E-state index contributed by atoms with van der Waals surface area (Å²) in [5.41, 5.74) is 4.89. The summed E-state index contributed by atoms with van der Waals surface area (Å²) in [4.78, 5) is 55.0. The fourth-order valence-corrected chi connectivity index (χ4v) is 6.48. The van der Waals surface area contributed by atoms with Gasteiger partial charge in [-0.1, -0.05) is 30.3 Å². The van der Waals surface area contributed by atoms with Crippen LogP contribution in [0.4, 0.5) is 9.59 Å². The molecule has 2 aliphatic rings. The number of nitrogens with zero attached hydrogens (tertiary/aromatic N) is 6. The highest BCUT2D eigenvalue weighted by Gasteiger charge is 2.36. The Morgan fingerprint density at radius 1 is 0.708 bits per heavy atom. The lowest BCUT2D eigenvalue weighted by Gasteiger charge is -2.27. The number of ether oxygens (including phenoxy) is 2. The maximum Gasteiger partial charge on any atom is 0.410 e. The van der Waals surface area contributed by atoms with Crippen molar-refractivity contribution in [1.29, 1.82) is 0 Å². The number of benzene rings is 2. The van der Waals surface area contributed by atoms with Crippen LogP contribution in [0.2, 0.25) is 0 Å². The summed E-state index contributed by atoms with van der Waals surface area (Å²) in [5, 5.41) is 0. The van der Waals surface area contributed by atoms with Crippen LogP contribution in [0.25, 0.3) is 44.7 Å². The van der Waals surface area contributed by atoms with Crippen molar-refractivity contribution in [3.8, 4) is 22.5 Å². The molecule has 0 spiro atoms. The highest BCUT2D eigenvalue weighted by molar-refractivity contribution is 5.83. The maximum absolute atomic E-state index is 12.9. The topological polar surface area (TPSA) is 142 Å². The molecule has 2 atom stereocenters. The molecule has 0 bridgehead atoms. The molecule has 5 aromatic rings. The number of amides is 2. The molecule has 2 saturated heterocycles. The van der Waals surface area contributed by atoms with Gasteiger partial charge in [0.05, 0.1) is 29.3 Å². The summed E-state index contributed by atoms with van der Waals surface area (Å²) in [6.45, 7) is 12.5. The molecule has 2 N–H and O–H groups in total. The number of imidazole rings is 2. The SMILES string of the molecule is CC(C)(C)OC(=O)N1CCC[C@H]1c1nc2ccc(-c3ccc(-c4ncc5[nH]c([C@@H]6CCCN6C(=O)OC(C)(C)C)nc5n4)cc3)cc2[nH]1. The third kappa shape index (κ3) is 6.43. The van der Waals surface area contributed by atoms with E-state index in [-0.39, 0.29) is 24.3 Å². The number of fused-ring (bicyclic) bond motifs is 2. The van der Waals surface area contributed by atoms with E-state index in [2.05, 4.69) is 39.2 Å². The average molecular weight is 651 g/mol. The first-order chi connectivity index (χ1) is 22.8. The standard InChI is InChI=1S/C36H42N8O4/c1-35(2,3)47-33(45)43-17-7-9-27(43)31-38-24-16-15-23(19-25(24)39-31)21-11-13-22(14-12-21)29-37-20-26-30(41-29)42-32(40-26)28-10-8-18-44(28)34(46)48-36(4,5)6/h11-16,19-20,27-28H,7-10,17-18H2,1-6H3,(H,38,39)(H,37,40,41,42)/t27-,28-/m0/s1. The molecular weight excluding hydrogens is 608 g/mol. The van der Waals surface area contributed by atoms with E-state index in [1.165, 1.54) is 0 Å². The quantitative estimate of drug-likeness (QED) is 0.201. The molecule has 0 aliphatic carbocycles. The number of nitrogens with one attached hydrogen (secondary N) is 2. The van der Waals surface area contributed by atoms with E-state index in [4.69, 9.17) is 24.4 Å². The molecule has 2 aliphatic heterocycles. The van der Waals surface area contributed by atoms with E-state index < -0.39 is 11.2 Å². The maximum atomic E-state index is 12.9. The lowest BCUT2D eigenvalue weighted by atomic mass is 10.0. The van der Waals surface area contributed by atoms with E-state index in [0.29, 0.717) is 30.4 Å². The van der Waals surface area contributed by atoms with Gasteiger partial charge in [0.15, 0.2) is 11.5 Å². The summed E-state index contributed by atoms with van der Waals surface area (Å²) >= 11 is 0. The van der Waals surface area contributed by atoms with E-state index >= 15 is 0 Å². The van der Waals surface area contributed by atoms with Crippen LogP contribution >= 0.6 is 0 Å². The van der Waals surface area contributed by atoms with Crippen molar-refractivity contribution in [2.45, 2.75) is 90.5 Å². The molecule has 0 unspecified atom stereocenters. The Morgan fingerprint density at radius 2 is 1.25 bits per heavy atom. The highest BCUT2D eigenvalue weighted by Crippen LogP contribution is 2.35. The second-order valence-electron chi connectivity index (χ2n) is 14.6. The van der Waals surface area contributed by atoms with E-state index in [1.54, 1.807) is 16.0 Å². The second-order valence-corrected chi connectivity index (χ2v) is 14.6. The van der Waals surface area contributed by atoms with Crippen LogP contribution in [0.3, 0.4) is 0 Å². The Morgan fingerprint density at radius 3 is 1.85 bits per heavy atom. The zero-order valence-corrected chi connectivity index (χ0v) is 28.3. The van der Waals surface area contributed by atoms with Crippen molar-refractivity contribution in [1.82, 2.24) is 39.7 Å². The van der Waals surface area contributed by atoms with Gasteiger partial charge in [-0.25, -0.2) is 29.5 Å². The van der Waals surface area contributed by atoms with Crippen LogP contribution in [0.1, 0.15) is 91.0 Å². The van der Waals surface area contributed by atoms with Crippen LogP contribution in [0.15, 0.2) is 48.7 Å². The number of likely N-dealkylation sites (tertiary alicyclic amines) is 2. The summed E-state index contributed by atoms with van der Waals surface area (Å²) in [6.07, 6.45) is 4.54. The fraction of sp³-hybridized carbons (Fsp3) is 0.444. The van der Waals surface area contributed by atoms with Crippen LogP contribution in [0.5, 0.6) is 0 Å². The third-order valence-electron chi connectivity index (χ3n) is 8.63. The van der Waals surface area contributed by atoms with Crippen molar-refractivity contribution in [2.24, 2.45) is 0 Å². The number of hydrogen-bond acceptors (Lipinski definition) is 8. The fourth-order valence-electron chi connectivity index (χ4n) is 6.48. The zero-order valence-electron chi connectivity index (χ0n) is 28.3. The number of carbonyl (C=O) groups excluding carboxylic acids is 2. The number of aromatic nitrogens is 6. The highest BCUT2D eigenvalue weighted by atomic mass is 16.6. The molecular formula is C36H42N8O4. The molecule has 2 fully saturated rings. The first-order valence-electron chi connectivity index (χ1n) is 16.6. The Hall–Kier alpha value is -5.00. The second kappa shape index (κ2) is 11.9. The number of rotatable bonds is 4. The largest absolute Gasteiger partial charge is 0.444 e.